The molecule has 1 aromatic carbocycles. The Hall–Kier alpha value is -0.710. The molecule has 0 aliphatic carbocycles. The second-order valence-corrected chi connectivity index (χ2v) is 6.35. The highest BCUT2D eigenvalue weighted by atomic mass is 31.2. The van der Waals surface area contributed by atoms with Gasteiger partial charge in [0.25, 0.3) is 0 Å². The van der Waals surface area contributed by atoms with Crippen LogP contribution in [0.1, 0.15) is 31.0 Å². The van der Waals surface area contributed by atoms with Gasteiger partial charge in [-0.05, 0) is 26.3 Å². The van der Waals surface area contributed by atoms with Crippen LogP contribution in [0, 0.1) is 6.92 Å². The van der Waals surface area contributed by atoms with Crippen molar-refractivity contribution >= 4 is 7.60 Å². The summed E-state index contributed by atoms with van der Waals surface area (Å²) in [6.07, 6.45) is 0. The van der Waals surface area contributed by atoms with E-state index in [1.165, 1.54) is 0 Å². The standard InChI is InChI=1S/C13H22NO4P/c1-4-17-19(16,18-5-2)13(15)12(14)11-8-6-10(3)7-9-11/h6-9,12-13,15H,4-5,14H2,1-3H3/t12-,13+/m0/s1. The van der Waals surface area contributed by atoms with Crippen molar-refractivity contribution in [3.63, 3.8) is 0 Å². The molecular formula is C13H22NO4P. The molecule has 5 nitrogen and oxygen atoms in total. The molecule has 3 N–H and O–H groups in total. The molecule has 0 unspecified atom stereocenters. The summed E-state index contributed by atoms with van der Waals surface area (Å²) in [5.41, 5.74) is 7.73. The van der Waals surface area contributed by atoms with Crippen molar-refractivity contribution in [3.05, 3.63) is 35.4 Å². The van der Waals surface area contributed by atoms with E-state index in [0.717, 1.165) is 5.56 Å². The van der Waals surface area contributed by atoms with Crippen LogP contribution in [-0.2, 0) is 13.6 Å². The predicted octanol–water partition coefficient (Wildman–Crippen LogP) is 2.58. The fourth-order valence-electron chi connectivity index (χ4n) is 1.71. The number of benzene rings is 1. The average molecular weight is 287 g/mol. The minimum absolute atomic E-state index is 0.189. The SMILES string of the molecule is CCOP(=O)(OCC)[C@@H](O)[C@@H](N)c1ccc(C)cc1. The van der Waals surface area contributed by atoms with Crippen LogP contribution < -0.4 is 5.73 Å². The number of aliphatic hydroxyl groups is 1. The lowest BCUT2D eigenvalue weighted by Gasteiger charge is -2.26. The molecule has 0 fully saturated rings. The molecule has 0 heterocycles. The second kappa shape index (κ2) is 7.17. The highest BCUT2D eigenvalue weighted by Crippen LogP contribution is 2.55. The molecule has 19 heavy (non-hydrogen) atoms. The third-order valence-corrected chi connectivity index (χ3v) is 4.93. The first kappa shape index (κ1) is 16.3. The maximum atomic E-state index is 12.4. The molecule has 1 rings (SSSR count). The fourth-order valence-corrected chi connectivity index (χ4v) is 3.37. The first-order valence-electron chi connectivity index (χ1n) is 6.33. The largest absolute Gasteiger partial charge is 0.379 e. The third kappa shape index (κ3) is 4.13. The topological polar surface area (TPSA) is 81.8 Å². The normalized spacial score (nSPS) is 15.2. The lowest BCUT2D eigenvalue weighted by Crippen LogP contribution is -2.28. The molecule has 0 aliphatic rings. The van der Waals surface area contributed by atoms with Crippen LogP contribution in [0.5, 0.6) is 0 Å². The first-order valence-corrected chi connectivity index (χ1v) is 7.94. The highest BCUT2D eigenvalue weighted by molar-refractivity contribution is 7.54. The van der Waals surface area contributed by atoms with Crippen LogP contribution in [0.3, 0.4) is 0 Å². The lowest BCUT2D eigenvalue weighted by atomic mass is 10.1. The predicted molar refractivity (Wildman–Crippen MR) is 75.0 cm³/mol. The Labute approximate surface area is 114 Å². The summed E-state index contributed by atoms with van der Waals surface area (Å²) in [6.45, 7) is 5.71. The molecule has 0 saturated heterocycles. The summed E-state index contributed by atoms with van der Waals surface area (Å²) in [4.78, 5) is 0. The summed E-state index contributed by atoms with van der Waals surface area (Å²) < 4.78 is 22.6. The maximum Gasteiger partial charge on any atom is 0.360 e. The highest BCUT2D eigenvalue weighted by Gasteiger charge is 2.38. The van der Waals surface area contributed by atoms with Crippen LogP contribution in [0.4, 0.5) is 0 Å². The molecule has 108 valence electrons. The van der Waals surface area contributed by atoms with E-state index in [9.17, 15) is 9.67 Å². The van der Waals surface area contributed by atoms with Gasteiger partial charge < -0.3 is 19.9 Å². The van der Waals surface area contributed by atoms with Crippen LogP contribution >= 0.6 is 7.60 Å². The summed E-state index contributed by atoms with van der Waals surface area (Å²) in [5.74, 6) is -1.38. The fraction of sp³-hybridized carbons (Fsp3) is 0.538. The van der Waals surface area contributed by atoms with Crippen molar-refractivity contribution in [3.8, 4) is 0 Å². The van der Waals surface area contributed by atoms with Gasteiger partial charge in [0.05, 0.1) is 19.3 Å². The van der Waals surface area contributed by atoms with Gasteiger partial charge in [0.1, 0.15) is 0 Å². The van der Waals surface area contributed by atoms with E-state index in [1.54, 1.807) is 26.0 Å². The van der Waals surface area contributed by atoms with E-state index >= 15 is 0 Å². The molecule has 0 aromatic heterocycles. The molecule has 0 amide bonds. The molecule has 0 bridgehead atoms. The van der Waals surface area contributed by atoms with Crippen molar-refractivity contribution in [2.24, 2.45) is 5.73 Å². The minimum Gasteiger partial charge on any atom is -0.379 e. The van der Waals surface area contributed by atoms with Crippen molar-refractivity contribution in [1.82, 2.24) is 0 Å². The van der Waals surface area contributed by atoms with Gasteiger partial charge in [0, 0.05) is 0 Å². The van der Waals surface area contributed by atoms with Crippen molar-refractivity contribution in [2.45, 2.75) is 32.7 Å². The summed E-state index contributed by atoms with van der Waals surface area (Å²) in [7, 11) is -3.61. The Bertz CT molecular complexity index is 425. The van der Waals surface area contributed by atoms with E-state index in [0.29, 0.717) is 5.56 Å². The summed E-state index contributed by atoms with van der Waals surface area (Å²) >= 11 is 0. The van der Waals surface area contributed by atoms with Crippen LogP contribution in [0.15, 0.2) is 24.3 Å². The minimum atomic E-state index is -3.61. The molecule has 1 aromatic rings. The van der Waals surface area contributed by atoms with Gasteiger partial charge in [0.15, 0.2) is 5.85 Å². The van der Waals surface area contributed by atoms with Gasteiger partial charge in [-0.15, -0.1) is 0 Å². The van der Waals surface area contributed by atoms with Gasteiger partial charge in [-0.3, -0.25) is 4.57 Å². The van der Waals surface area contributed by atoms with E-state index in [1.807, 2.05) is 19.1 Å². The van der Waals surface area contributed by atoms with E-state index < -0.39 is 19.5 Å². The Morgan fingerprint density at radius 1 is 1.21 bits per heavy atom. The van der Waals surface area contributed by atoms with Crippen LogP contribution in [-0.4, -0.2) is 24.2 Å². The molecule has 0 spiro atoms. The van der Waals surface area contributed by atoms with Crippen LogP contribution in [0.2, 0.25) is 0 Å². The number of nitrogens with two attached hydrogens (primary N) is 1. The smallest absolute Gasteiger partial charge is 0.360 e. The van der Waals surface area contributed by atoms with Crippen LogP contribution in [0.25, 0.3) is 0 Å². The molecule has 0 saturated carbocycles. The van der Waals surface area contributed by atoms with Crippen molar-refractivity contribution in [1.29, 1.82) is 0 Å². The number of aliphatic hydroxyl groups excluding tert-OH is 1. The van der Waals surface area contributed by atoms with E-state index in [-0.39, 0.29) is 13.2 Å². The van der Waals surface area contributed by atoms with Crippen molar-refractivity contribution < 1.29 is 18.7 Å². The number of rotatable bonds is 7. The third-order valence-electron chi connectivity index (χ3n) is 2.73. The monoisotopic (exact) mass is 287 g/mol. The van der Waals surface area contributed by atoms with Gasteiger partial charge in [0.2, 0.25) is 0 Å². The Kier molecular flexibility index (Phi) is 6.17. The maximum absolute atomic E-state index is 12.4. The zero-order valence-corrected chi connectivity index (χ0v) is 12.5. The van der Waals surface area contributed by atoms with E-state index in [4.69, 9.17) is 14.8 Å². The zero-order chi connectivity index (χ0) is 14.5. The molecule has 0 aliphatic heterocycles. The Balaban J connectivity index is 2.92. The zero-order valence-electron chi connectivity index (χ0n) is 11.6. The Morgan fingerprint density at radius 3 is 2.11 bits per heavy atom. The molecular weight excluding hydrogens is 265 g/mol. The number of hydrogen-bond acceptors (Lipinski definition) is 5. The number of aryl methyl sites for hydroxylation is 1. The first-order chi connectivity index (χ1) is 8.94. The van der Waals surface area contributed by atoms with Gasteiger partial charge >= 0.3 is 7.60 Å². The lowest BCUT2D eigenvalue weighted by molar-refractivity contribution is 0.134. The molecule has 0 radical (unpaired) electrons. The summed E-state index contributed by atoms with van der Waals surface area (Å²) in [5, 5.41) is 10.2. The van der Waals surface area contributed by atoms with Gasteiger partial charge in [-0.25, -0.2) is 0 Å². The van der Waals surface area contributed by atoms with Crippen molar-refractivity contribution in [2.75, 3.05) is 13.2 Å². The Morgan fingerprint density at radius 2 is 1.68 bits per heavy atom. The van der Waals surface area contributed by atoms with Gasteiger partial charge in [-0.2, -0.15) is 0 Å². The molecule has 6 heteroatoms. The quantitative estimate of drug-likeness (QED) is 0.753. The number of hydrogen-bond donors (Lipinski definition) is 2. The van der Waals surface area contributed by atoms with E-state index in [2.05, 4.69) is 0 Å². The molecule has 2 atom stereocenters. The van der Waals surface area contributed by atoms with Gasteiger partial charge in [-0.1, -0.05) is 29.8 Å². The second-order valence-electron chi connectivity index (χ2n) is 4.23. The summed E-state index contributed by atoms with van der Waals surface area (Å²) in [6, 6.07) is 6.55. The average Bonchev–Trinajstić information content (AvgIpc) is 2.38.